The molecule has 0 aliphatic rings. The Morgan fingerprint density at radius 1 is 1.14 bits per heavy atom. The lowest BCUT2D eigenvalue weighted by atomic mass is 9.99. The highest BCUT2D eigenvalue weighted by molar-refractivity contribution is 7.89. The molecule has 0 aliphatic heterocycles. The van der Waals surface area contributed by atoms with Crippen LogP contribution in [0.2, 0.25) is 5.02 Å². The molecule has 0 bridgehead atoms. The van der Waals surface area contributed by atoms with Crippen molar-refractivity contribution in [2.45, 2.75) is 11.8 Å². The molecule has 118 valence electrons. The Hall–Kier alpha value is -1.56. The van der Waals surface area contributed by atoms with Crippen LogP contribution in [0.5, 0.6) is 5.75 Å². The number of halogens is 1. The quantitative estimate of drug-likeness (QED) is 0.855. The van der Waals surface area contributed by atoms with Gasteiger partial charge in [-0.15, -0.1) is 0 Å². The SMILES string of the molecule is COc1ccc(Cl)c(C)c1-c1cccc(S(=O)(=O)N(C)C)c1. The van der Waals surface area contributed by atoms with Gasteiger partial charge in [-0.1, -0.05) is 23.7 Å². The molecule has 0 spiro atoms. The van der Waals surface area contributed by atoms with Crippen molar-refractivity contribution in [3.05, 3.63) is 47.0 Å². The largest absolute Gasteiger partial charge is 0.496 e. The second kappa shape index (κ2) is 6.28. The third kappa shape index (κ3) is 2.97. The van der Waals surface area contributed by atoms with Gasteiger partial charge < -0.3 is 4.74 Å². The maximum absolute atomic E-state index is 12.3. The monoisotopic (exact) mass is 339 g/mol. The van der Waals surface area contributed by atoms with Gasteiger partial charge in [0.15, 0.2) is 0 Å². The first-order chi connectivity index (χ1) is 10.3. The van der Waals surface area contributed by atoms with E-state index < -0.39 is 10.0 Å². The minimum Gasteiger partial charge on any atom is -0.496 e. The number of benzene rings is 2. The first-order valence-electron chi connectivity index (χ1n) is 6.65. The molecule has 0 unspecified atom stereocenters. The number of hydrogen-bond donors (Lipinski definition) is 0. The summed E-state index contributed by atoms with van der Waals surface area (Å²) in [6, 6.07) is 10.3. The molecule has 6 heteroatoms. The maximum atomic E-state index is 12.3. The number of ether oxygens (including phenoxy) is 1. The normalized spacial score (nSPS) is 11.7. The molecule has 0 aromatic heterocycles. The van der Waals surface area contributed by atoms with Crippen LogP contribution in [-0.4, -0.2) is 33.9 Å². The van der Waals surface area contributed by atoms with Crippen LogP contribution in [-0.2, 0) is 10.0 Å². The van der Waals surface area contributed by atoms with Gasteiger partial charge >= 0.3 is 0 Å². The van der Waals surface area contributed by atoms with Crippen molar-refractivity contribution >= 4 is 21.6 Å². The lowest BCUT2D eigenvalue weighted by Crippen LogP contribution is -2.22. The van der Waals surface area contributed by atoms with E-state index in [9.17, 15) is 8.42 Å². The van der Waals surface area contributed by atoms with Crippen molar-refractivity contribution in [3.63, 3.8) is 0 Å². The predicted molar refractivity (Wildman–Crippen MR) is 89.0 cm³/mol. The lowest BCUT2D eigenvalue weighted by molar-refractivity contribution is 0.416. The summed E-state index contributed by atoms with van der Waals surface area (Å²) < 4.78 is 31.2. The molecule has 4 nitrogen and oxygen atoms in total. The van der Waals surface area contributed by atoms with Gasteiger partial charge in [0, 0.05) is 24.7 Å². The minimum atomic E-state index is -3.49. The molecule has 0 radical (unpaired) electrons. The number of rotatable bonds is 4. The van der Waals surface area contributed by atoms with E-state index in [0.717, 1.165) is 16.7 Å². The third-order valence-electron chi connectivity index (χ3n) is 3.48. The Morgan fingerprint density at radius 3 is 2.41 bits per heavy atom. The summed E-state index contributed by atoms with van der Waals surface area (Å²) in [6.07, 6.45) is 0. The van der Waals surface area contributed by atoms with Gasteiger partial charge in [0.1, 0.15) is 5.75 Å². The molecular weight excluding hydrogens is 322 g/mol. The van der Waals surface area contributed by atoms with E-state index in [2.05, 4.69) is 0 Å². The van der Waals surface area contributed by atoms with Crippen molar-refractivity contribution in [1.82, 2.24) is 4.31 Å². The van der Waals surface area contributed by atoms with Crippen LogP contribution < -0.4 is 4.74 Å². The first kappa shape index (κ1) is 16.8. The summed E-state index contributed by atoms with van der Waals surface area (Å²) in [6.45, 7) is 1.88. The topological polar surface area (TPSA) is 46.6 Å². The summed E-state index contributed by atoms with van der Waals surface area (Å²) in [5.74, 6) is 0.654. The molecule has 0 atom stereocenters. The van der Waals surface area contributed by atoms with Crippen molar-refractivity contribution in [3.8, 4) is 16.9 Å². The van der Waals surface area contributed by atoms with Gasteiger partial charge in [-0.05, 0) is 42.3 Å². The second-order valence-electron chi connectivity index (χ2n) is 5.06. The van der Waals surface area contributed by atoms with Crippen LogP contribution in [0.25, 0.3) is 11.1 Å². The van der Waals surface area contributed by atoms with E-state index in [0.29, 0.717) is 10.8 Å². The fourth-order valence-electron chi connectivity index (χ4n) is 2.21. The lowest BCUT2D eigenvalue weighted by Gasteiger charge is -2.15. The van der Waals surface area contributed by atoms with Gasteiger partial charge in [-0.2, -0.15) is 0 Å². The zero-order valence-electron chi connectivity index (χ0n) is 12.9. The van der Waals surface area contributed by atoms with E-state index >= 15 is 0 Å². The zero-order chi connectivity index (χ0) is 16.5. The van der Waals surface area contributed by atoms with Crippen molar-refractivity contribution in [2.75, 3.05) is 21.2 Å². The van der Waals surface area contributed by atoms with Crippen molar-refractivity contribution < 1.29 is 13.2 Å². The molecule has 2 rings (SSSR count). The van der Waals surface area contributed by atoms with E-state index in [1.165, 1.54) is 18.4 Å². The molecule has 0 amide bonds. The van der Waals surface area contributed by atoms with E-state index in [1.54, 1.807) is 37.4 Å². The average molecular weight is 340 g/mol. The summed E-state index contributed by atoms with van der Waals surface area (Å²) in [5.41, 5.74) is 2.39. The van der Waals surface area contributed by atoms with Gasteiger partial charge in [0.05, 0.1) is 12.0 Å². The Bertz CT molecular complexity index is 801. The summed E-state index contributed by atoms with van der Waals surface area (Å²) in [5, 5.41) is 0.608. The van der Waals surface area contributed by atoms with Gasteiger partial charge in [0.25, 0.3) is 0 Å². The van der Waals surface area contributed by atoms with Gasteiger partial charge in [0.2, 0.25) is 10.0 Å². The minimum absolute atomic E-state index is 0.233. The molecule has 0 N–H and O–H groups in total. The highest BCUT2D eigenvalue weighted by atomic mass is 35.5. The van der Waals surface area contributed by atoms with Crippen LogP contribution in [0.1, 0.15) is 5.56 Å². The molecule has 0 fully saturated rings. The molecule has 0 saturated heterocycles. The van der Waals surface area contributed by atoms with Gasteiger partial charge in [-0.25, -0.2) is 12.7 Å². The second-order valence-corrected chi connectivity index (χ2v) is 7.62. The Kier molecular flexibility index (Phi) is 4.80. The Morgan fingerprint density at radius 2 is 1.82 bits per heavy atom. The molecule has 0 heterocycles. The number of nitrogens with zero attached hydrogens (tertiary/aromatic N) is 1. The van der Waals surface area contributed by atoms with E-state index in [-0.39, 0.29) is 4.90 Å². The molecule has 22 heavy (non-hydrogen) atoms. The molecule has 2 aromatic carbocycles. The Labute approximate surface area is 136 Å². The fraction of sp³-hybridized carbons (Fsp3) is 0.250. The van der Waals surface area contributed by atoms with E-state index in [4.69, 9.17) is 16.3 Å². The summed E-state index contributed by atoms with van der Waals surface area (Å²) in [4.78, 5) is 0.233. The maximum Gasteiger partial charge on any atom is 0.242 e. The van der Waals surface area contributed by atoms with Crippen LogP contribution in [0.4, 0.5) is 0 Å². The summed E-state index contributed by atoms with van der Waals surface area (Å²) >= 11 is 6.19. The number of methoxy groups -OCH3 is 1. The first-order valence-corrected chi connectivity index (χ1v) is 8.47. The fourth-order valence-corrected chi connectivity index (χ4v) is 3.32. The highest BCUT2D eigenvalue weighted by Crippen LogP contribution is 2.37. The molecule has 0 saturated carbocycles. The number of sulfonamides is 1. The Balaban J connectivity index is 2.69. The van der Waals surface area contributed by atoms with Crippen LogP contribution >= 0.6 is 11.6 Å². The van der Waals surface area contributed by atoms with E-state index in [1.807, 2.05) is 13.0 Å². The van der Waals surface area contributed by atoms with Crippen molar-refractivity contribution in [2.24, 2.45) is 0 Å². The average Bonchev–Trinajstić information content (AvgIpc) is 2.49. The molecule has 0 aliphatic carbocycles. The van der Waals surface area contributed by atoms with Crippen molar-refractivity contribution in [1.29, 1.82) is 0 Å². The smallest absolute Gasteiger partial charge is 0.242 e. The molecule has 2 aromatic rings. The van der Waals surface area contributed by atoms with Crippen LogP contribution in [0, 0.1) is 6.92 Å². The number of hydrogen-bond acceptors (Lipinski definition) is 3. The van der Waals surface area contributed by atoms with Crippen LogP contribution in [0.3, 0.4) is 0 Å². The third-order valence-corrected chi connectivity index (χ3v) is 5.70. The predicted octanol–water partition coefficient (Wildman–Crippen LogP) is 3.57. The van der Waals surface area contributed by atoms with Crippen LogP contribution in [0.15, 0.2) is 41.3 Å². The summed E-state index contributed by atoms with van der Waals surface area (Å²) in [7, 11) is 1.10. The zero-order valence-corrected chi connectivity index (χ0v) is 14.5. The molecular formula is C16H18ClNO3S. The highest BCUT2D eigenvalue weighted by Gasteiger charge is 2.19. The standard InChI is InChI=1S/C16H18ClNO3S/c1-11-14(17)8-9-15(21-4)16(11)12-6-5-7-13(10-12)22(19,20)18(2)3/h5-10H,1-4H3. The van der Waals surface area contributed by atoms with Gasteiger partial charge in [-0.3, -0.25) is 0 Å².